The molecule has 132 valence electrons. The molecule has 0 saturated carbocycles. The van der Waals surface area contributed by atoms with Gasteiger partial charge in [-0.25, -0.2) is 0 Å². The Morgan fingerprint density at radius 2 is 1.62 bits per heavy atom. The molecule has 0 aliphatic heterocycles. The van der Waals surface area contributed by atoms with Gasteiger partial charge in [0.25, 0.3) is 0 Å². The van der Waals surface area contributed by atoms with Gasteiger partial charge in [-0.1, -0.05) is 53.5 Å². The largest absolute Gasteiger partial charge is 0.399 e. The van der Waals surface area contributed by atoms with Gasteiger partial charge in [-0.2, -0.15) is 0 Å². The highest BCUT2D eigenvalue weighted by Crippen LogP contribution is 2.37. The van der Waals surface area contributed by atoms with Crippen LogP contribution in [0.5, 0.6) is 0 Å². The Balaban J connectivity index is 1.85. The Kier molecular flexibility index (Phi) is 6.09. The van der Waals surface area contributed by atoms with E-state index in [0.717, 1.165) is 10.5 Å². The van der Waals surface area contributed by atoms with Crippen LogP contribution >= 0.6 is 35.0 Å². The minimum Gasteiger partial charge on any atom is -0.399 e. The molecular weight excluding hydrogens is 387 g/mol. The summed E-state index contributed by atoms with van der Waals surface area (Å²) in [4.78, 5) is 13.9. The predicted octanol–water partition coefficient (Wildman–Crippen LogP) is 6.05. The Morgan fingerprint density at radius 1 is 0.923 bits per heavy atom. The van der Waals surface area contributed by atoms with Gasteiger partial charge in [-0.3, -0.25) is 4.79 Å². The van der Waals surface area contributed by atoms with E-state index in [-0.39, 0.29) is 5.91 Å². The van der Waals surface area contributed by atoms with Gasteiger partial charge in [0.2, 0.25) is 5.91 Å². The average molecular weight is 403 g/mol. The number of anilines is 2. The highest BCUT2D eigenvalue weighted by atomic mass is 35.5. The van der Waals surface area contributed by atoms with Crippen LogP contribution in [-0.2, 0) is 4.79 Å². The van der Waals surface area contributed by atoms with Crippen molar-refractivity contribution in [1.82, 2.24) is 0 Å². The number of halogens is 2. The third kappa shape index (κ3) is 4.73. The van der Waals surface area contributed by atoms with Crippen LogP contribution in [0.3, 0.4) is 0 Å². The molecule has 1 unspecified atom stereocenters. The van der Waals surface area contributed by atoms with Crippen molar-refractivity contribution < 1.29 is 4.79 Å². The van der Waals surface area contributed by atoms with E-state index in [2.05, 4.69) is 5.32 Å². The van der Waals surface area contributed by atoms with Crippen LogP contribution in [0.4, 0.5) is 11.4 Å². The monoisotopic (exact) mass is 402 g/mol. The van der Waals surface area contributed by atoms with Crippen LogP contribution in [0.25, 0.3) is 0 Å². The summed E-state index contributed by atoms with van der Waals surface area (Å²) in [5.74, 6) is -0.142. The number of nitrogens with one attached hydrogen (secondary N) is 1. The van der Waals surface area contributed by atoms with E-state index in [9.17, 15) is 4.79 Å². The van der Waals surface area contributed by atoms with Gasteiger partial charge in [0, 0.05) is 16.3 Å². The summed E-state index contributed by atoms with van der Waals surface area (Å²) in [5, 5.41) is 3.33. The lowest BCUT2D eigenvalue weighted by molar-refractivity contribution is -0.115. The van der Waals surface area contributed by atoms with E-state index in [0.29, 0.717) is 21.4 Å². The number of thioether (sulfide) groups is 1. The molecule has 3 nitrogen and oxygen atoms in total. The van der Waals surface area contributed by atoms with Crippen molar-refractivity contribution in [3.05, 3.63) is 88.4 Å². The molecule has 0 saturated heterocycles. The zero-order valence-electron chi connectivity index (χ0n) is 13.7. The first kappa shape index (κ1) is 18.6. The molecule has 26 heavy (non-hydrogen) atoms. The first-order valence-electron chi connectivity index (χ1n) is 7.86. The molecule has 1 atom stereocenters. The molecule has 1 amide bonds. The number of hydrogen-bond acceptors (Lipinski definition) is 3. The molecule has 0 aromatic heterocycles. The zero-order chi connectivity index (χ0) is 18.5. The number of nitrogens with two attached hydrogens (primary N) is 1. The van der Waals surface area contributed by atoms with Crippen LogP contribution in [0, 0.1) is 0 Å². The lowest BCUT2D eigenvalue weighted by Crippen LogP contribution is -2.19. The summed E-state index contributed by atoms with van der Waals surface area (Å²) in [7, 11) is 0. The maximum atomic E-state index is 12.9. The quantitative estimate of drug-likeness (QED) is 0.403. The van der Waals surface area contributed by atoms with E-state index in [4.69, 9.17) is 28.9 Å². The summed E-state index contributed by atoms with van der Waals surface area (Å²) in [6.45, 7) is 0. The maximum absolute atomic E-state index is 12.9. The number of hydrogen-bond donors (Lipinski definition) is 2. The van der Waals surface area contributed by atoms with Crippen molar-refractivity contribution in [2.24, 2.45) is 0 Å². The van der Waals surface area contributed by atoms with Crippen molar-refractivity contribution >= 4 is 52.2 Å². The summed E-state index contributed by atoms with van der Waals surface area (Å²) < 4.78 is 0. The molecule has 6 heteroatoms. The van der Waals surface area contributed by atoms with E-state index < -0.39 is 5.25 Å². The van der Waals surface area contributed by atoms with Crippen molar-refractivity contribution in [2.75, 3.05) is 11.1 Å². The lowest BCUT2D eigenvalue weighted by Gasteiger charge is -2.17. The number of amides is 1. The Bertz CT molecular complexity index is 901. The smallest absolute Gasteiger partial charge is 0.242 e. The first-order chi connectivity index (χ1) is 12.5. The number of rotatable bonds is 5. The first-order valence-corrected chi connectivity index (χ1v) is 9.49. The molecule has 0 heterocycles. The summed E-state index contributed by atoms with van der Waals surface area (Å²) in [6, 6.07) is 22.1. The Morgan fingerprint density at radius 3 is 2.27 bits per heavy atom. The molecule has 0 spiro atoms. The van der Waals surface area contributed by atoms with Crippen molar-refractivity contribution in [3.63, 3.8) is 0 Å². The minimum absolute atomic E-state index is 0.142. The van der Waals surface area contributed by atoms with Gasteiger partial charge >= 0.3 is 0 Å². The molecule has 0 aliphatic rings. The van der Waals surface area contributed by atoms with Gasteiger partial charge < -0.3 is 11.1 Å². The van der Waals surface area contributed by atoms with Gasteiger partial charge in [0.15, 0.2) is 0 Å². The molecule has 0 bridgehead atoms. The molecule has 0 fully saturated rings. The van der Waals surface area contributed by atoms with E-state index in [1.165, 1.54) is 11.8 Å². The van der Waals surface area contributed by atoms with Gasteiger partial charge in [0.1, 0.15) is 5.25 Å². The number of carbonyl (C=O) groups is 1. The van der Waals surface area contributed by atoms with Crippen molar-refractivity contribution in [2.45, 2.75) is 10.1 Å². The third-order valence-corrected chi connectivity index (χ3v) is 5.67. The Hall–Kier alpha value is -2.14. The highest BCUT2D eigenvalue weighted by Gasteiger charge is 2.22. The van der Waals surface area contributed by atoms with E-state index in [1.807, 2.05) is 54.6 Å². The molecule has 3 aromatic rings. The fraction of sp³-hybridized carbons (Fsp3) is 0.0500. The second-order valence-electron chi connectivity index (χ2n) is 5.60. The molecule has 3 aromatic carbocycles. The molecule has 3 N–H and O–H groups in total. The van der Waals surface area contributed by atoms with Crippen LogP contribution < -0.4 is 11.1 Å². The van der Waals surface area contributed by atoms with Crippen LogP contribution in [0.2, 0.25) is 10.0 Å². The average Bonchev–Trinajstić information content (AvgIpc) is 2.65. The summed E-state index contributed by atoms with van der Waals surface area (Å²) in [5.41, 5.74) is 7.94. The lowest BCUT2D eigenvalue weighted by atomic mass is 10.1. The van der Waals surface area contributed by atoms with Gasteiger partial charge in [-0.15, -0.1) is 11.8 Å². The number of nitrogen functional groups attached to an aromatic ring is 1. The topological polar surface area (TPSA) is 55.1 Å². The standard InChI is InChI=1S/C20H16Cl2N2OS/c21-17-11-8-15(12-18(17)22)24-20(25)19(13-4-2-1-3-5-13)26-16-9-6-14(23)7-10-16/h1-12,19H,23H2,(H,24,25). The predicted molar refractivity (Wildman–Crippen MR) is 111 cm³/mol. The van der Waals surface area contributed by atoms with Crippen LogP contribution in [-0.4, -0.2) is 5.91 Å². The summed E-state index contributed by atoms with van der Waals surface area (Å²) >= 11 is 13.4. The normalized spacial score (nSPS) is 11.8. The van der Waals surface area contributed by atoms with Crippen LogP contribution in [0.15, 0.2) is 77.7 Å². The van der Waals surface area contributed by atoms with Gasteiger partial charge in [0.05, 0.1) is 10.0 Å². The van der Waals surface area contributed by atoms with Crippen LogP contribution in [0.1, 0.15) is 10.8 Å². The van der Waals surface area contributed by atoms with Crippen molar-refractivity contribution in [3.8, 4) is 0 Å². The highest BCUT2D eigenvalue weighted by molar-refractivity contribution is 8.00. The zero-order valence-corrected chi connectivity index (χ0v) is 16.0. The second-order valence-corrected chi connectivity index (χ2v) is 7.59. The maximum Gasteiger partial charge on any atom is 0.242 e. The fourth-order valence-electron chi connectivity index (χ4n) is 2.36. The van der Waals surface area contributed by atoms with Crippen molar-refractivity contribution in [1.29, 1.82) is 0 Å². The number of benzene rings is 3. The third-order valence-electron chi connectivity index (χ3n) is 3.66. The second kappa shape index (κ2) is 8.49. The molecular formula is C20H16Cl2N2OS. The molecule has 0 aliphatic carbocycles. The minimum atomic E-state index is -0.422. The number of carbonyl (C=O) groups excluding carboxylic acids is 1. The molecule has 0 radical (unpaired) electrons. The molecule has 3 rings (SSSR count). The van der Waals surface area contributed by atoms with Gasteiger partial charge in [-0.05, 0) is 48.0 Å². The van der Waals surface area contributed by atoms with E-state index >= 15 is 0 Å². The Labute approximate surface area is 166 Å². The fourth-order valence-corrected chi connectivity index (χ4v) is 3.69. The SMILES string of the molecule is Nc1ccc(SC(C(=O)Nc2ccc(Cl)c(Cl)c2)c2ccccc2)cc1. The summed E-state index contributed by atoms with van der Waals surface area (Å²) in [6.07, 6.45) is 0. The van der Waals surface area contributed by atoms with E-state index in [1.54, 1.807) is 18.2 Å².